The maximum Gasteiger partial charge on any atom is 0.119 e. The quantitative estimate of drug-likeness (QED) is 0.604. The van der Waals surface area contributed by atoms with Crippen molar-refractivity contribution in [2.75, 3.05) is 25.5 Å². The fourth-order valence-electron chi connectivity index (χ4n) is 1.25. The molecule has 0 aliphatic heterocycles. The molecule has 1 unspecified atom stereocenters. The molecule has 1 atom stereocenters. The van der Waals surface area contributed by atoms with Crippen LogP contribution in [0.2, 0.25) is 0 Å². The van der Waals surface area contributed by atoms with Crippen molar-refractivity contribution in [2.24, 2.45) is 5.73 Å². The van der Waals surface area contributed by atoms with Crippen molar-refractivity contribution in [1.82, 2.24) is 0 Å². The molecule has 1 rings (SSSR count). The van der Waals surface area contributed by atoms with Crippen LogP contribution in [-0.4, -0.2) is 35.9 Å². The van der Waals surface area contributed by atoms with E-state index in [0.29, 0.717) is 13.2 Å². The molecule has 18 heavy (non-hydrogen) atoms. The van der Waals surface area contributed by atoms with Gasteiger partial charge in [0.1, 0.15) is 5.75 Å². The van der Waals surface area contributed by atoms with Crippen molar-refractivity contribution in [3.63, 3.8) is 0 Å². The zero-order valence-electron chi connectivity index (χ0n) is 10.6. The first-order chi connectivity index (χ1) is 8.76. The summed E-state index contributed by atoms with van der Waals surface area (Å²) in [5.41, 5.74) is 6.25. The number of rotatable bonds is 6. The zero-order chi connectivity index (χ0) is 13.2. The molecule has 0 saturated heterocycles. The van der Waals surface area contributed by atoms with Crippen molar-refractivity contribution < 1.29 is 9.84 Å². The first-order valence-electron chi connectivity index (χ1n) is 5.90. The summed E-state index contributed by atoms with van der Waals surface area (Å²) in [6.45, 7) is 3.22. The highest BCUT2D eigenvalue weighted by Crippen LogP contribution is 2.13. The Balaban J connectivity index is 2.31. The van der Waals surface area contributed by atoms with Gasteiger partial charge >= 0.3 is 0 Å². The van der Waals surface area contributed by atoms with Crippen molar-refractivity contribution in [3.8, 4) is 17.6 Å². The van der Waals surface area contributed by atoms with Gasteiger partial charge in [-0.15, -0.1) is 0 Å². The fraction of sp³-hybridized carbons (Fsp3) is 0.429. The van der Waals surface area contributed by atoms with Gasteiger partial charge in [0.2, 0.25) is 0 Å². The van der Waals surface area contributed by atoms with Crippen LogP contribution in [0.25, 0.3) is 0 Å². The average Bonchev–Trinajstić information content (AvgIpc) is 2.42. The molecule has 0 fully saturated rings. The van der Waals surface area contributed by atoms with Crippen LogP contribution in [0.1, 0.15) is 12.5 Å². The number of hydrogen-bond acceptors (Lipinski definition) is 4. The Labute approximate surface area is 113 Å². The molecule has 0 radical (unpaired) electrons. The largest absolute Gasteiger partial charge is 0.493 e. The monoisotopic (exact) mass is 265 g/mol. The topological polar surface area (TPSA) is 55.5 Å². The van der Waals surface area contributed by atoms with Crippen molar-refractivity contribution in [2.45, 2.75) is 12.2 Å². The molecule has 3 N–H and O–H groups in total. The molecular weight excluding hydrogens is 246 g/mol. The van der Waals surface area contributed by atoms with Crippen LogP contribution >= 0.6 is 11.8 Å². The van der Waals surface area contributed by atoms with Crippen LogP contribution in [0.5, 0.6) is 5.75 Å². The summed E-state index contributed by atoms with van der Waals surface area (Å²) in [5.74, 6) is 7.47. The summed E-state index contributed by atoms with van der Waals surface area (Å²) in [5, 5.41) is 9.14. The first-order valence-corrected chi connectivity index (χ1v) is 6.95. The van der Waals surface area contributed by atoms with Crippen molar-refractivity contribution in [1.29, 1.82) is 0 Å². The number of benzene rings is 1. The van der Waals surface area contributed by atoms with E-state index in [9.17, 15) is 0 Å². The standard InChI is InChI=1S/C14H19NO2S/c1-12(11-16)18-10-9-17-14-6-4-13(5-7-14)3-2-8-15/h4-7,12,16H,8-11,15H2,1H3. The van der Waals surface area contributed by atoms with E-state index >= 15 is 0 Å². The molecule has 3 nitrogen and oxygen atoms in total. The third kappa shape index (κ3) is 5.97. The van der Waals surface area contributed by atoms with Crippen LogP contribution in [0.4, 0.5) is 0 Å². The highest BCUT2D eigenvalue weighted by Gasteiger charge is 2.00. The summed E-state index contributed by atoms with van der Waals surface area (Å²) in [4.78, 5) is 0. The minimum Gasteiger partial charge on any atom is -0.493 e. The Hall–Kier alpha value is -1.15. The lowest BCUT2D eigenvalue weighted by Crippen LogP contribution is -2.07. The van der Waals surface area contributed by atoms with E-state index < -0.39 is 0 Å². The second-order valence-electron chi connectivity index (χ2n) is 3.74. The number of ether oxygens (including phenoxy) is 1. The molecule has 0 aliphatic carbocycles. The molecule has 1 aromatic rings. The fourth-order valence-corrected chi connectivity index (χ4v) is 1.94. The van der Waals surface area contributed by atoms with E-state index in [1.807, 2.05) is 31.2 Å². The number of aliphatic hydroxyl groups is 1. The van der Waals surface area contributed by atoms with E-state index in [1.54, 1.807) is 11.8 Å². The summed E-state index contributed by atoms with van der Waals surface area (Å²) in [7, 11) is 0. The Bertz CT molecular complexity index is 394. The van der Waals surface area contributed by atoms with E-state index in [0.717, 1.165) is 17.1 Å². The van der Waals surface area contributed by atoms with Gasteiger partial charge in [-0.25, -0.2) is 0 Å². The Morgan fingerprint density at radius 3 is 2.72 bits per heavy atom. The molecule has 0 saturated carbocycles. The normalized spacial score (nSPS) is 11.5. The van der Waals surface area contributed by atoms with E-state index in [1.165, 1.54) is 0 Å². The van der Waals surface area contributed by atoms with Gasteiger partial charge in [0.05, 0.1) is 19.8 Å². The molecule has 0 amide bonds. The summed E-state index contributed by atoms with van der Waals surface area (Å²) < 4.78 is 5.59. The van der Waals surface area contributed by atoms with Gasteiger partial charge < -0.3 is 15.6 Å². The second kappa shape index (κ2) is 8.87. The molecule has 0 bridgehead atoms. The molecular formula is C14H19NO2S. The van der Waals surface area contributed by atoms with Gasteiger partial charge in [0.25, 0.3) is 0 Å². The summed E-state index contributed by atoms with van der Waals surface area (Å²) in [6, 6.07) is 7.64. The predicted molar refractivity (Wildman–Crippen MR) is 76.9 cm³/mol. The van der Waals surface area contributed by atoms with E-state index in [-0.39, 0.29) is 11.9 Å². The van der Waals surface area contributed by atoms with Crippen LogP contribution in [0.3, 0.4) is 0 Å². The molecule has 0 aromatic heterocycles. The predicted octanol–water partition coefficient (Wildman–Crippen LogP) is 1.49. The Kier molecular flexibility index (Phi) is 7.35. The third-order valence-corrected chi connectivity index (χ3v) is 3.32. The number of hydrogen-bond donors (Lipinski definition) is 2. The third-order valence-electron chi connectivity index (χ3n) is 2.20. The summed E-state index contributed by atoms with van der Waals surface area (Å²) in [6.07, 6.45) is 0. The van der Waals surface area contributed by atoms with E-state index in [2.05, 4.69) is 11.8 Å². The molecule has 0 heterocycles. The smallest absolute Gasteiger partial charge is 0.119 e. The van der Waals surface area contributed by atoms with Gasteiger partial charge in [-0.1, -0.05) is 18.8 Å². The highest BCUT2D eigenvalue weighted by molar-refractivity contribution is 7.99. The maximum atomic E-state index is 8.87. The zero-order valence-corrected chi connectivity index (χ0v) is 11.4. The minimum absolute atomic E-state index is 0.208. The maximum absolute atomic E-state index is 8.87. The Morgan fingerprint density at radius 1 is 1.39 bits per heavy atom. The van der Waals surface area contributed by atoms with Gasteiger partial charge in [-0.3, -0.25) is 0 Å². The first kappa shape index (κ1) is 14.9. The van der Waals surface area contributed by atoms with E-state index in [4.69, 9.17) is 15.6 Å². The average molecular weight is 265 g/mol. The van der Waals surface area contributed by atoms with Crippen molar-refractivity contribution in [3.05, 3.63) is 29.8 Å². The lowest BCUT2D eigenvalue weighted by Gasteiger charge is -2.09. The van der Waals surface area contributed by atoms with Crippen LogP contribution < -0.4 is 10.5 Å². The number of nitrogens with two attached hydrogens (primary N) is 1. The molecule has 4 heteroatoms. The number of thioether (sulfide) groups is 1. The van der Waals surface area contributed by atoms with Gasteiger partial charge in [0, 0.05) is 16.6 Å². The van der Waals surface area contributed by atoms with Gasteiger partial charge in [-0.05, 0) is 24.3 Å². The lowest BCUT2D eigenvalue weighted by molar-refractivity contribution is 0.299. The number of aliphatic hydroxyl groups excluding tert-OH is 1. The van der Waals surface area contributed by atoms with Crippen LogP contribution in [0, 0.1) is 11.8 Å². The van der Waals surface area contributed by atoms with Crippen molar-refractivity contribution >= 4 is 11.8 Å². The lowest BCUT2D eigenvalue weighted by atomic mass is 10.2. The minimum atomic E-state index is 0.208. The Morgan fingerprint density at radius 2 is 2.11 bits per heavy atom. The summed E-state index contributed by atoms with van der Waals surface area (Å²) >= 11 is 1.70. The molecule has 0 aliphatic rings. The molecule has 1 aromatic carbocycles. The van der Waals surface area contributed by atoms with Crippen LogP contribution in [0.15, 0.2) is 24.3 Å². The van der Waals surface area contributed by atoms with Crippen LogP contribution in [-0.2, 0) is 0 Å². The van der Waals surface area contributed by atoms with Gasteiger partial charge in [0.15, 0.2) is 0 Å². The SMILES string of the molecule is CC(CO)SCCOc1ccc(C#CCN)cc1. The second-order valence-corrected chi connectivity index (χ2v) is 5.29. The molecule has 0 spiro atoms. The molecule has 98 valence electrons. The van der Waals surface area contributed by atoms with Gasteiger partial charge in [-0.2, -0.15) is 11.8 Å². The highest BCUT2D eigenvalue weighted by atomic mass is 32.2.